The number of fused-ring (bicyclic) bond motifs is 1. The molecule has 0 radical (unpaired) electrons. The lowest BCUT2D eigenvalue weighted by Gasteiger charge is -2.16. The van der Waals surface area contributed by atoms with Gasteiger partial charge in [-0.2, -0.15) is 5.26 Å². The highest BCUT2D eigenvalue weighted by Crippen LogP contribution is 2.27. The molecule has 0 spiro atoms. The molecule has 1 aliphatic rings. The first-order valence-electron chi connectivity index (χ1n) is 7.26. The second-order valence-corrected chi connectivity index (χ2v) is 6.33. The number of Topliss-reactive ketones (excluding diaryl/α,β-unsaturated/α-hetero) is 1. The molecule has 0 bridgehead atoms. The number of nitrogens with one attached hydrogen (secondary N) is 1. The monoisotopic (exact) mass is 331 g/mol. The smallest absolute Gasteiger partial charge is 0.286 e. The van der Waals surface area contributed by atoms with E-state index in [0.29, 0.717) is 10.6 Å². The Labute approximate surface area is 136 Å². The molecule has 118 valence electrons. The number of carbonyl (C=O) groups excluding carboxylic acids is 1. The van der Waals surface area contributed by atoms with E-state index in [1.54, 1.807) is 0 Å². The van der Waals surface area contributed by atoms with Gasteiger partial charge < -0.3 is 0 Å². The van der Waals surface area contributed by atoms with E-state index in [2.05, 4.69) is 20.8 Å². The Bertz CT molecular complexity index is 863. The summed E-state index contributed by atoms with van der Waals surface area (Å²) in [6.45, 7) is 0. The second-order valence-electron chi connectivity index (χ2n) is 5.37. The molecule has 2 aromatic heterocycles. The van der Waals surface area contributed by atoms with Crippen molar-refractivity contribution in [1.82, 2.24) is 10.3 Å². The predicted octanol–water partition coefficient (Wildman–Crippen LogP) is 0.913. The van der Waals surface area contributed by atoms with Gasteiger partial charge in [-0.25, -0.2) is 9.78 Å². The number of hydrogen-bond donors (Lipinski definition) is 1. The summed E-state index contributed by atoms with van der Waals surface area (Å²) in [4.78, 5) is 28.2. The van der Waals surface area contributed by atoms with Crippen LogP contribution in [0.4, 0.5) is 0 Å². The van der Waals surface area contributed by atoms with Crippen molar-refractivity contribution in [2.45, 2.75) is 30.7 Å². The minimum Gasteiger partial charge on any atom is -0.286 e. The fourth-order valence-corrected chi connectivity index (χ4v) is 3.49. The molecule has 0 saturated carbocycles. The first-order valence-corrected chi connectivity index (χ1v) is 8.25. The third-order valence-electron chi connectivity index (χ3n) is 3.79. The van der Waals surface area contributed by atoms with Crippen molar-refractivity contribution < 1.29 is 14.0 Å². The highest BCUT2D eigenvalue weighted by atomic mass is 32.2. The van der Waals surface area contributed by atoms with E-state index in [-0.39, 0.29) is 17.2 Å². The lowest BCUT2D eigenvalue weighted by atomic mass is 9.95. The van der Waals surface area contributed by atoms with Crippen molar-refractivity contribution in [2.75, 3.05) is 5.75 Å². The van der Waals surface area contributed by atoms with Gasteiger partial charge in [-0.1, -0.05) is 16.4 Å². The Hall–Kier alpha value is -2.40. The van der Waals surface area contributed by atoms with Crippen molar-refractivity contribution in [3.8, 4) is 6.07 Å². The van der Waals surface area contributed by atoms with Crippen LogP contribution >= 0.6 is 11.8 Å². The van der Waals surface area contributed by atoms with Gasteiger partial charge in [0.2, 0.25) is 5.78 Å². The van der Waals surface area contributed by atoms with Gasteiger partial charge in [0.05, 0.1) is 11.3 Å². The van der Waals surface area contributed by atoms with Gasteiger partial charge in [-0.3, -0.25) is 9.32 Å². The van der Waals surface area contributed by atoms with E-state index in [4.69, 9.17) is 0 Å². The van der Waals surface area contributed by atoms with Crippen molar-refractivity contribution in [2.24, 2.45) is 7.05 Å². The van der Waals surface area contributed by atoms with Crippen LogP contribution in [0.2, 0.25) is 0 Å². The predicted molar refractivity (Wildman–Crippen MR) is 81.2 cm³/mol. The molecule has 0 aliphatic heterocycles. The van der Waals surface area contributed by atoms with Gasteiger partial charge in [-0.15, -0.1) is 0 Å². The number of H-pyrrole nitrogens is 1. The Morgan fingerprint density at radius 3 is 3.00 bits per heavy atom. The highest BCUT2D eigenvalue weighted by molar-refractivity contribution is 8.00. The number of nitrogens with zero attached hydrogens (tertiary/aromatic N) is 3. The van der Waals surface area contributed by atoms with E-state index < -0.39 is 5.63 Å². The summed E-state index contributed by atoms with van der Waals surface area (Å²) in [6.07, 6.45) is 4.06. The SMILES string of the molecule is C[n+]1[nH]oc(=O)c1C(=O)CSc1nc2c(cc1C#N)CCCC2. The van der Waals surface area contributed by atoms with E-state index in [0.717, 1.165) is 36.9 Å². The summed E-state index contributed by atoms with van der Waals surface area (Å²) in [5, 5.41) is 12.2. The molecule has 8 heteroatoms. The number of nitriles is 1. The number of carbonyl (C=O) groups is 1. The Morgan fingerprint density at radius 1 is 1.52 bits per heavy atom. The number of aromatic amines is 1. The minimum absolute atomic E-state index is 0.0247. The largest absolute Gasteiger partial charge is 0.438 e. The van der Waals surface area contributed by atoms with Crippen LogP contribution in [-0.4, -0.2) is 21.8 Å². The normalized spacial score (nSPS) is 13.4. The van der Waals surface area contributed by atoms with Crippen molar-refractivity contribution in [1.29, 1.82) is 5.26 Å². The van der Waals surface area contributed by atoms with E-state index >= 15 is 0 Å². The lowest BCUT2D eigenvalue weighted by Crippen LogP contribution is -2.39. The second kappa shape index (κ2) is 6.38. The third-order valence-corrected chi connectivity index (χ3v) is 4.79. The number of hydrogen-bond acceptors (Lipinski definition) is 6. The molecule has 0 unspecified atom stereocenters. The molecule has 0 saturated heterocycles. The summed E-state index contributed by atoms with van der Waals surface area (Å²) in [6, 6.07) is 4.01. The number of thioether (sulfide) groups is 1. The van der Waals surface area contributed by atoms with Crippen LogP contribution in [0.5, 0.6) is 0 Å². The first kappa shape index (κ1) is 15.5. The Balaban J connectivity index is 1.82. The van der Waals surface area contributed by atoms with Crippen LogP contribution in [0.1, 0.15) is 40.2 Å². The highest BCUT2D eigenvalue weighted by Gasteiger charge is 2.26. The molecule has 2 heterocycles. The standard InChI is InChI=1S/C15H14N4O3S/c1-19-13(15(21)22-18-19)12(20)8-23-14-10(7-16)6-9-4-2-3-5-11(9)17-14/h6H,2-5,8H2,1H3/p+1. The molecule has 0 aromatic carbocycles. The number of ketones is 1. The molecule has 0 fully saturated rings. The number of pyridine rings is 1. The average Bonchev–Trinajstić information content (AvgIpc) is 2.90. The van der Waals surface area contributed by atoms with E-state index in [1.807, 2.05) is 6.07 Å². The van der Waals surface area contributed by atoms with Crippen molar-refractivity contribution >= 4 is 17.5 Å². The Kier molecular flexibility index (Phi) is 4.30. The molecule has 23 heavy (non-hydrogen) atoms. The lowest BCUT2D eigenvalue weighted by molar-refractivity contribution is -0.741. The summed E-state index contributed by atoms with van der Waals surface area (Å²) in [7, 11) is 1.53. The van der Waals surface area contributed by atoms with Gasteiger partial charge >= 0.3 is 11.3 Å². The van der Waals surface area contributed by atoms with Gasteiger partial charge in [0, 0.05) is 5.69 Å². The third kappa shape index (κ3) is 3.05. The number of aryl methyl sites for hydroxylation is 3. The molecular formula is C15H15N4O3S+. The minimum atomic E-state index is -0.697. The van der Waals surface area contributed by atoms with Gasteiger partial charge in [0.15, 0.2) is 7.05 Å². The zero-order valence-electron chi connectivity index (χ0n) is 12.6. The van der Waals surface area contributed by atoms with Crippen LogP contribution < -0.4 is 10.3 Å². The zero-order valence-corrected chi connectivity index (χ0v) is 13.4. The average molecular weight is 331 g/mol. The van der Waals surface area contributed by atoms with Crippen LogP contribution in [-0.2, 0) is 19.9 Å². The van der Waals surface area contributed by atoms with Gasteiger partial charge in [0.1, 0.15) is 11.1 Å². The van der Waals surface area contributed by atoms with Gasteiger partial charge in [0.25, 0.3) is 0 Å². The molecule has 2 aromatic rings. The first-order chi connectivity index (χ1) is 11.1. The van der Waals surface area contributed by atoms with Crippen LogP contribution in [0, 0.1) is 11.3 Å². The molecule has 3 rings (SSSR count). The molecule has 1 aliphatic carbocycles. The molecule has 7 nitrogen and oxygen atoms in total. The topological polar surface area (TPSA) is 104 Å². The fourth-order valence-electron chi connectivity index (χ4n) is 2.65. The van der Waals surface area contributed by atoms with Gasteiger partial charge in [-0.05, 0) is 42.6 Å². The van der Waals surface area contributed by atoms with Crippen molar-refractivity contribution in [3.63, 3.8) is 0 Å². The molecule has 0 amide bonds. The molecule has 0 atom stereocenters. The molecular weight excluding hydrogens is 316 g/mol. The van der Waals surface area contributed by atoms with Crippen molar-refractivity contribution in [3.05, 3.63) is 39.0 Å². The maximum absolute atomic E-state index is 12.2. The fraction of sp³-hybridized carbons (Fsp3) is 0.400. The van der Waals surface area contributed by atoms with E-state index in [9.17, 15) is 14.9 Å². The Morgan fingerprint density at radius 2 is 2.30 bits per heavy atom. The van der Waals surface area contributed by atoms with Crippen LogP contribution in [0.25, 0.3) is 0 Å². The molecule has 1 N–H and O–H groups in total. The summed E-state index contributed by atoms with van der Waals surface area (Å²) in [5.41, 5.74) is 1.87. The quantitative estimate of drug-likeness (QED) is 0.507. The van der Waals surface area contributed by atoms with Crippen LogP contribution in [0.15, 0.2) is 20.4 Å². The maximum atomic E-state index is 12.2. The van der Waals surface area contributed by atoms with E-state index in [1.165, 1.54) is 23.5 Å². The number of rotatable bonds is 4. The maximum Gasteiger partial charge on any atom is 0.438 e. The summed E-state index contributed by atoms with van der Waals surface area (Å²) >= 11 is 1.18. The summed E-state index contributed by atoms with van der Waals surface area (Å²) < 4.78 is 5.82. The zero-order chi connectivity index (χ0) is 16.4. The number of aromatic nitrogens is 3. The van der Waals surface area contributed by atoms with Crippen LogP contribution in [0.3, 0.4) is 0 Å². The summed E-state index contributed by atoms with van der Waals surface area (Å²) in [5.74, 6) is -0.340.